The average molecular weight is 664 g/mol. The molecule has 0 radical (unpaired) electrons. The quantitative estimate of drug-likeness (QED) is 0.265. The molecule has 39 heavy (non-hydrogen) atoms. The Labute approximate surface area is 244 Å². The minimum Gasteiger partial charge on any atom is -0.497 e. The highest BCUT2D eigenvalue weighted by molar-refractivity contribution is 14.1. The highest BCUT2D eigenvalue weighted by Gasteiger charge is 2.33. The first kappa shape index (κ1) is 30.4. The summed E-state index contributed by atoms with van der Waals surface area (Å²) in [5.74, 6) is -0.146. The highest BCUT2D eigenvalue weighted by atomic mass is 127. The first-order valence-electron chi connectivity index (χ1n) is 12.7. The maximum Gasteiger partial charge on any atom is 0.264 e. The van der Waals surface area contributed by atoms with Gasteiger partial charge in [0.15, 0.2) is 0 Å². The van der Waals surface area contributed by atoms with Crippen molar-refractivity contribution in [1.29, 1.82) is 0 Å². The van der Waals surface area contributed by atoms with Gasteiger partial charge in [-0.2, -0.15) is 0 Å². The molecule has 0 aliphatic heterocycles. The lowest BCUT2D eigenvalue weighted by Gasteiger charge is -2.33. The van der Waals surface area contributed by atoms with Gasteiger partial charge in [0.25, 0.3) is 10.0 Å². The van der Waals surface area contributed by atoms with E-state index in [1.807, 2.05) is 26.0 Å². The Hall–Kier alpha value is -3.12. The number of nitrogens with one attached hydrogen (secondary N) is 1. The van der Waals surface area contributed by atoms with Crippen LogP contribution in [0.15, 0.2) is 83.8 Å². The summed E-state index contributed by atoms with van der Waals surface area (Å²) in [5, 5.41) is 2.88. The van der Waals surface area contributed by atoms with Gasteiger partial charge in [-0.25, -0.2) is 8.42 Å². The van der Waals surface area contributed by atoms with Gasteiger partial charge >= 0.3 is 0 Å². The van der Waals surface area contributed by atoms with Gasteiger partial charge in [0.05, 0.1) is 17.7 Å². The van der Waals surface area contributed by atoms with Crippen molar-refractivity contribution in [2.24, 2.45) is 0 Å². The Balaban J connectivity index is 2.04. The zero-order valence-electron chi connectivity index (χ0n) is 22.3. The van der Waals surface area contributed by atoms with Crippen LogP contribution in [0.3, 0.4) is 0 Å². The maximum absolute atomic E-state index is 14.0. The SMILES string of the molecule is CCCNC(=O)[C@H](CC)N(Cc1cccc(OC)c1)C(=O)CN(c1ccc(I)cc1)S(=O)(=O)c1ccccc1. The van der Waals surface area contributed by atoms with Crippen molar-refractivity contribution in [3.63, 3.8) is 0 Å². The van der Waals surface area contributed by atoms with E-state index in [0.717, 1.165) is 19.9 Å². The number of rotatable bonds is 13. The number of carbonyl (C=O) groups is 2. The van der Waals surface area contributed by atoms with Crippen molar-refractivity contribution in [3.05, 3.63) is 88.0 Å². The second-order valence-electron chi connectivity index (χ2n) is 8.89. The molecule has 3 rings (SSSR count). The Bertz CT molecular complexity index is 1350. The van der Waals surface area contributed by atoms with Crippen LogP contribution >= 0.6 is 22.6 Å². The van der Waals surface area contributed by atoms with Gasteiger partial charge in [-0.05, 0) is 89.5 Å². The molecule has 8 nitrogen and oxygen atoms in total. The number of methoxy groups -OCH3 is 1. The van der Waals surface area contributed by atoms with E-state index in [2.05, 4.69) is 27.9 Å². The third-order valence-corrected chi connectivity index (χ3v) is 8.65. The molecule has 0 unspecified atom stereocenters. The molecule has 0 aromatic heterocycles. The minimum atomic E-state index is -4.08. The fourth-order valence-electron chi connectivity index (χ4n) is 4.11. The summed E-state index contributed by atoms with van der Waals surface area (Å²) in [7, 11) is -2.53. The van der Waals surface area contributed by atoms with Gasteiger partial charge in [-0.1, -0.05) is 44.2 Å². The normalized spacial score (nSPS) is 11.9. The van der Waals surface area contributed by atoms with Gasteiger partial charge < -0.3 is 15.0 Å². The largest absolute Gasteiger partial charge is 0.497 e. The molecule has 3 aromatic carbocycles. The molecule has 0 aliphatic carbocycles. The third-order valence-electron chi connectivity index (χ3n) is 6.15. The zero-order valence-corrected chi connectivity index (χ0v) is 25.3. The molecule has 0 aliphatic rings. The van der Waals surface area contributed by atoms with Gasteiger partial charge in [0.2, 0.25) is 11.8 Å². The van der Waals surface area contributed by atoms with Crippen LogP contribution in [-0.4, -0.2) is 51.4 Å². The molecule has 208 valence electrons. The third kappa shape index (κ3) is 7.95. The number of hydrogen-bond donors (Lipinski definition) is 1. The monoisotopic (exact) mass is 663 g/mol. The molecule has 3 aromatic rings. The number of nitrogens with zero attached hydrogens (tertiary/aromatic N) is 2. The lowest BCUT2D eigenvalue weighted by Crippen LogP contribution is -2.52. The number of sulfonamides is 1. The summed E-state index contributed by atoms with van der Waals surface area (Å²) >= 11 is 2.14. The van der Waals surface area contributed by atoms with Gasteiger partial charge in [-0.15, -0.1) is 0 Å². The Morgan fingerprint density at radius 2 is 1.67 bits per heavy atom. The second-order valence-corrected chi connectivity index (χ2v) is 12.0. The van der Waals surface area contributed by atoms with Crippen LogP contribution in [0.4, 0.5) is 5.69 Å². The van der Waals surface area contributed by atoms with Crippen LogP contribution in [-0.2, 0) is 26.2 Å². The number of carbonyl (C=O) groups excluding carboxylic acids is 2. The minimum absolute atomic E-state index is 0.0726. The van der Waals surface area contributed by atoms with Gasteiger partial charge in [0, 0.05) is 16.7 Å². The molecule has 10 heteroatoms. The van der Waals surface area contributed by atoms with Crippen molar-refractivity contribution in [2.75, 3.05) is 24.5 Å². The predicted molar refractivity (Wildman–Crippen MR) is 161 cm³/mol. The molecule has 2 amide bonds. The first-order chi connectivity index (χ1) is 18.7. The summed E-state index contributed by atoms with van der Waals surface area (Å²) in [4.78, 5) is 28.7. The van der Waals surface area contributed by atoms with Crippen LogP contribution in [0.5, 0.6) is 5.75 Å². The van der Waals surface area contributed by atoms with Crippen LogP contribution in [0.1, 0.15) is 32.3 Å². The van der Waals surface area contributed by atoms with Crippen LogP contribution in [0, 0.1) is 3.57 Å². The van der Waals surface area contributed by atoms with Crippen molar-refractivity contribution in [2.45, 2.75) is 44.2 Å². The second kappa shape index (κ2) is 14.3. The summed E-state index contributed by atoms with van der Waals surface area (Å²) in [6.07, 6.45) is 1.11. The number of hydrogen-bond acceptors (Lipinski definition) is 5. The van der Waals surface area contributed by atoms with Crippen molar-refractivity contribution < 1.29 is 22.7 Å². The van der Waals surface area contributed by atoms with Crippen LogP contribution in [0.2, 0.25) is 0 Å². The molecule has 0 saturated carbocycles. The summed E-state index contributed by atoms with van der Waals surface area (Å²) in [5.41, 5.74) is 1.12. The van der Waals surface area contributed by atoms with E-state index in [1.54, 1.807) is 61.7 Å². The van der Waals surface area contributed by atoms with Crippen molar-refractivity contribution in [3.8, 4) is 5.75 Å². The van der Waals surface area contributed by atoms with E-state index in [9.17, 15) is 18.0 Å². The number of anilines is 1. The number of benzene rings is 3. The van der Waals surface area contributed by atoms with Crippen LogP contribution in [0.25, 0.3) is 0 Å². The van der Waals surface area contributed by atoms with Gasteiger partial charge in [0.1, 0.15) is 18.3 Å². The number of amides is 2. The Morgan fingerprint density at radius 3 is 2.28 bits per heavy atom. The maximum atomic E-state index is 14.0. The standard InChI is InChI=1S/C29H34IN3O5S/c1-4-18-31-29(35)27(5-2)32(20-22-10-9-11-25(19-22)38-3)28(34)21-33(24-16-14-23(30)15-17-24)39(36,37)26-12-7-6-8-13-26/h6-17,19,27H,4-5,18,20-21H2,1-3H3,(H,31,35)/t27-/m0/s1. The molecular weight excluding hydrogens is 629 g/mol. The molecule has 0 bridgehead atoms. The molecule has 0 heterocycles. The Morgan fingerprint density at radius 1 is 0.974 bits per heavy atom. The number of halogens is 1. The average Bonchev–Trinajstić information content (AvgIpc) is 2.95. The van der Waals surface area contributed by atoms with Crippen LogP contribution < -0.4 is 14.4 Å². The van der Waals surface area contributed by atoms with E-state index in [-0.39, 0.29) is 17.3 Å². The zero-order chi connectivity index (χ0) is 28.4. The molecular formula is C29H34IN3O5S. The van der Waals surface area contributed by atoms with Crippen molar-refractivity contribution in [1.82, 2.24) is 10.2 Å². The number of ether oxygens (including phenoxy) is 1. The van der Waals surface area contributed by atoms with Crippen molar-refractivity contribution >= 4 is 50.1 Å². The first-order valence-corrected chi connectivity index (χ1v) is 15.3. The van der Waals surface area contributed by atoms with E-state index in [1.165, 1.54) is 17.0 Å². The molecule has 1 atom stereocenters. The fourth-order valence-corrected chi connectivity index (χ4v) is 5.90. The molecule has 1 N–H and O–H groups in total. The predicted octanol–water partition coefficient (Wildman–Crippen LogP) is 4.83. The van der Waals surface area contributed by atoms with E-state index >= 15 is 0 Å². The smallest absolute Gasteiger partial charge is 0.264 e. The van der Waals surface area contributed by atoms with Gasteiger partial charge in [-0.3, -0.25) is 13.9 Å². The summed E-state index contributed by atoms with van der Waals surface area (Å²) in [6.45, 7) is 3.90. The Kier molecular flexibility index (Phi) is 11.2. The topological polar surface area (TPSA) is 96.0 Å². The van der Waals surface area contributed by atoms with E-state index in [0.29, 0.717) is 24.4 Å². The van der Waals surface area contributed by atoms with E-state index in [4.69, 9.17) is 4.74 Å². The summed E-state index contributed by atoms with van der Waals surface area (Å²) in [6, 6.07) is 21.4. The van der Waals surface area contributed by atoms with E-state index < -0.39 is 28.5 Å². The lowest BCUT2D eigenvalue weighted by atomic mass is 10.1. The molecule has 0 saturated heterocycles. The summed E-state index contributed by atoms with van der Waals surface area (Å²) < 4.78 is 35.0. The highest BCUT2D eigenvalue weighted by Crippen LogP contribution is 2.26. The fraction of sp³-hybridized carbons (Fsp3) is 0.310. The molecule has 0 fully saturated rings. The lowest BCUT2D eigenvalue weighted by molar-refractivity contribution is -0.140. The molecule has 0 spiro atoms.